The lowest BCUT2D eigenvalue weighted by Gasteiger charge is -2.24. The average molecular weight is 332 g/mol. The van der Waals surface area contributed by atoms with E-state index in [9.17, 15) is 14.4 Å². The van der Waals surface area contributed by atoms with Crippen molar-refractivity contribution in [2.45, 2.75) is 58.1 Å². The summed E-state index contributed by atoms with van der Waals surface area (Å²) in [4.78, 5) is 35.4. The monoisotopic (exact) mass is 332 g/mol. The second kappa shape index (κ2) is 8.47. The lowest BCUT2D eigenvalue weighted by Crippen LogP contribution is -2.42. The summed E-state index contributed by atoms with van der Waals surface area (Å²) in [6.45, 7) is 2.95. The summed E-state index contributed by atoms with van der Waals surface area (Å²) < 4.78 is 5.24. The first-order chi connectivity index (χ1) is 11.5. The summed E-state index contributed by atoms with van der Waals surface area (Å²) >= 11 is 0. The molecule has 1 unspecified atom stereocenters. The predicted molar refractivity (Wildman–Crippen MR) is 90.6 cm³/mol. The molecule has 130 valence electrons. The van der Waals surface area contributed by atoms with Crippen LogP contribution in [0.4, 0.5) is 5.69 Å². The van der Waals surface area contributed by atoms with Crippen molar-refractivity contribution in [1.29, 1.82) is 0 Å². The van der Waals surface area contributed by atoms with E-state index >= 15 is 0 Å². The van der Waals surface area contributed by atoms with Crippen LogP contribution in [0.25, 0.3) is 0 Å². The fourth-order valence-electron chi connectivity index (χ4n) is 2.77. The van der Waals surface area contributed by atoms with E-state index in [4.69, 9.17) is 4.74 Å². The first kappa shape index (κ1) is 18.0. The lowest BCUT2D eigenvalue weighted by molar-refractivity contribution is -0.130. The molecule has 1 fully saturated rings. The molecule has 2 N–H and O–H groups in total. The number of hydrogen-bond acceptors (Lipinski definition) is 4. The molecule has 1 aromatic carbocycles. The number of anilines is 1. The number of carbonyl (C=O) groups is 3. The van der Waals surface area contributed by atoms with Crippen LogP contribution in [0, 0.1) is 0 Å². The highest BCUT2D eigenvalue weighted by Crippen LogP contribution is 2.18. The van der Waals surface area contributed by atoms with Crippen molar-refractivity contribution in [2.24, 2.45) is 0 Å². The highest BCUT2D eigenvalue weighted by molar-refractivity contribution is 5.95. The average Bonchev–Trinajstić information content (AvgIpc) is 2.55. The van der Waals surface area contributed by atoms with Gasteiger partial charge in [0.25, 0.3) is 5.91 Å². The molecule has 6 heteroatoms. The Hall–Kier alpha value is -2.37. The molecular weight excluding hydrogens is 308 g/mol. The number of nitrogens with one attached hydrogen (secondary N) is 2. The van der Waals surface area contributed by atoms with Crippen molar-refractivity contribution < 1.29 is 19.1 Å². The van der Waals surface area contributed by atoms with E-state index in [-0.39, 0.29) is 17.9 Å². The predicted octanol–water partition coefficient (Wildman–Crippen LogP) is 2.64. The van der Waals surface area contributed by atoms with Crippen molar-refractivity contribution in [1.82, 2.24) is 5.32 Å². The van der Waals surface area contributed by atoms with Crippen molar-refractivity contribution >= 4 is 23.5 Å². The SMILES string of the molecule is CC(=O)Nc1cccc(C(=O)OC(C)C(=O)NC2CCCCC2)c1. The van der Waals surface area contributed by atoms with Gasteiger partial charge < -0.3 is 15.4 Å². The van der Waals surface area contributed by atoms with E-state index in [1.807, 2.05) is 0 Å². The Balaban J connectivity index is 1.90. The quantitative estimate of drug-likeness (QED) is 0.812. The van der Waals surface area contributed by atoms with Gasteiger partial charge in [-0.3, -0.25) is 9.59 Å². The topological polar surface area (TPSA) is 84.5 Å². The molecule has 1 aliphatic rings. The fourth-order valence-corrected chi connectivity index (χ4v) is 2.77. The van der Waals surface area contributed by atoms with Gasteiger partial charge in [0.1, 0.15) is 0 Å². The zero-order valence-electron chi connectivity index (χ0n) is 14.1. The van der Waals surface area contributed by atoms with Gasteiger partial charge in [0.2, 0.25) is 5.91 Å². The summed E-state index contributed by atoms with van der Waals surface area (Å²) in [5.41, 5.74) is 0.801. The van der Waals surface area contributed by atoms with Crippen LogP contribution >= 0.6 is 0 Å². The second-order valence-electron chi connectivity index (χ2n) is 6.15. The van der Waals surface area contributed by atoms with Crippen LogP contribution in [0.1, 0.15) is 56.3 Å². The van der Waals surface area contributed by atoms with Gasteiger partial charge in [0, 0.05) is 18.7 Å². The molecule has 1 saturated carbocycles. The Bertz CT molecular complexity index is 609. The third-order valence-electron chi connectivity index (χ3n) is 4.02. The highest BCUT2D eigenvalue weighted by atomic mass is 16.5. The number of rotatable bonds is 5. The maximum atomic E-state index is 12.2. The fraction of sp³-hybridized carbons (Fsp3) is 0.500. The normalized spacial score (nSPS) is 16.1. The smallest absolute Gasteiger partial charge is 0.338 e. The van der Waals surface area contributed by atoms with Crippen molar-refractivity contribution in [2.75, 3.05) is 5.32 Å². The van der Waals surface area contributed by atoms with E-state index in [1.165, 1.54) is 19.4 Å². The molecule has 0 radical (unpaired) electrons. The third kappa shape index (κ3) is 5.37. The van der Waals surface area contributed by atoms with Crippen LogP contribution < -0.4 is 10.6 Å². The molecule has 0 aromatic heterocycles. The summed E-state index contributed by atoms with van der Waals surface area (Å²) in [6.07, 6.45) is 4.55. The minimum absolute atomic E-state index is 0.176. The summed E-state index contributed by atoms with van der Waals surface area (Å²) in [5, 5.41) is 5.54. The number of benzene rings is 1. The van der Waals surface area contributed by atoms with Gasteiger partial charge >= 0.3 is 5.97 Å². The zero-order valence-corrected chi connectivity index (χ0v) is 14.1. The highest BCUT2D eigenvalue weighted by Gasteiger charge is 2.22. The first-order valence-electron chi connectivity index (χ1n) is 8.34. The molecule has 2 rings (SSSR count). The van der Waals surface area contributed by atoms with Crippen LogP contribution in [0.3, 0.4) is 0 Å². The molecule has 1 atom stereocenters. The van der Waals surface area contributed by atoms with Gasteiger partial charge in [-0.25, -0.2) is 4.79 Å². The molecule has 0 heterocycles. The largest absolute Gasteiger partial charge is 0.449 e. The third-order valence-corrected chi connectivity index (χ3v) is 4.02. The van der Waals surface area contributed by atoms with Gasteiger partial charge in [-0.15, -0.1) is 0 Å². The van der Waals surface area contributed by atoms with Crippen LogP contribution in [0.2, 0.25) is 0 Å². The molecule has 1 aromatic rings. The van der Waals surface area contributed by atoms with E-state index in [0.29, 0.717) is 11.3 Å². The summed E-state index contributed by atoms with van der Waals surface area (Å²) in [7, 11) is 0. The van der Waals surface area contributed by atoms with Gasteiger partial charge in [0.05, 0.1) is 5.56 Å². The first-order valence-corrected chi connectivity index (χ1v) is 8.34. The summed E-state index contributed by atoms with van der Waals surface area (Å²) in [6, 6.07) is 6.61. The number of carbonyl (C=O) groups excluding carboxylic acids is 3. The van der Waals surface area contributed by atoms with Crippen LogP contribution in [-0.4, -0.2) is 29.9 Å². The molecule has 1 aliphatic carbocycles. The van der Waals surface area contributed by atoms with Crippen molar-refractivity contribution in [3.05, 3.63) is 29.8 Å². The Morgan fingerprint density at radius 3 is 2.54 bits per heavy atom. The molecule has 0 bridgehead atoms. The zero-order chi connectivity index (χ0) is 17.5. The van der Waals surface area contributed by atoms with Gasteiger partial charge in [-0.2, -0.15) is 0 Å². The van der Waals surface area contributed by atoms with Gasteiger partial charge in [-0.05, 0) is 38.0 Å². The van der Waals surface area contributed by atoms with E-state index in [0.717, 1.165) is 25.7 Å². The van der Waals surface area contributed by atoms with Crippen LogP contribution in [0.15, 0.2) is 24.3 Å². The van der Waals surface area contributed by atoms with Gasteiger partial charge in [-0.1, -0.05) is 25.3 Å². The Morgan fingerprint density at radius 1 is 1.17 bits per heavy atom. The van der Waals surface area contributed by atoms with Crippen molar-refractivity contribution in [3.8, 4) is 0 Å². The number of ether oxygens (including phenoxy) is 1. The van der Waals surface area contributed by atoms with E-state index < -0.39 is 12.1 Å². The van der Waals surface area contributed by atoms with Crippen LogP contribution in [-0.2, 0) is 14.3 Å². The number of hydrogen-bond donors (Lipinski definition) is 2. The number of amides is 2. The molecule has 6 nitrogen and oxygen atoms in total. The lowest BCUT2D eigenvalue weighted by atomic mass is 9.95. The Labute approximate surface area is 142 Å². The van der Waals surface area contributed by atoms with Gasteiger partial charge in [0.15, 0.2) is 6.10 Å². The van der Waals surface area contributed by atoms with E-state index in [2.05, 4.69) is 10.6 Å². The maximum absolute atomic E-state index is 12.2. The molecule has 24 heavy (non-hydrogen) atoms. The minimum atomic E-state index is -0.858. The molecule has 0 saturated heterocycles. The molecule has 0 aliphatic heterocycles. The molecular formula is C18H24N2O4. The Kier molecular flexibility index (Phi) is 6.35. The number of esters is 1. The summed E-state index contributed by atoms with van der Waals surface area (Å²) in [5.74, 6) is -1.08. The molecule has 0 spiro atoms. The maximum Gasteiger partial charge on any atom is 0.338 e. The van der Waals surface area contributed by atoms with E-state index in [1.54, 1.807) is 25.1 Å². The minimum Gasteiger partial charge on any atom is -0.449 e. The van der Waals surface area contributed by atoms with Crippen LogP contribution in [0.5, 0.6) is 0 Å². The Morgan fingerprint density at radius 2 is 1.88 bits per heavy atom. The standard InChI is InChI=1S/C18H24N2O4/c1-12(17(22)20-15-8-4-3-5-9-15)24-18(23)14-7-6-10-16(11-14)19-13(2)21/h6-7,10-12,15H,3-5,8-9H2,1-2H3,(H,19,21)(H,20,22). The van der Waals surface area contributed by atoms with Crippen molar-refractivity contribution in [3.63, 3.8) is 0 Å². The molecule has 2 amide bonds. The second-order valence-corrected chi connectivity index (χ2v) is 6.15.